The molecule has 0 saturated carbocycles. The van der Waals surface area contributed by atoms with E-state index < -0.39 is 0 Å². The molecule has 0 aromatic carbocycles. The van der Waals surface area contributed by atoms with Gasteiger partial charge in [0, 0.05) is 6.61 Å². The molecule has 0 aliphatic carbocycles. The summed E-state index contributed by atoms with van der Waals surface area (Å²) in [7, 11) is 0. The van der Waals surface area contributed by atoms with E-state index in [4.69, 9.17) is 4.74 Å². The van der Waals surface area contributed by atoms with E-state index in [0.29, 0.717) is 0 Å². The lowest BCUT2D eigenvalue weighted by Gasteiger charge is -1.98. The van der Waals surface area contributed by atoms with E-state index in [2.05, 4.69) is 19.6 Å². The molecule has 0 unspecified atom stereocenters. The van der Waals surface area contributed by atoms with Crippen LogP contribution < -0.4 is 0 Å². The molecule has 74 valence electrons. The van der Waals surface area contributed by atoms with Crippen LogP contribution >= 0.6 is 0 Å². The molecule has 0 aromatic rings. The number of rotatable bonds is 8. The van der Waals surface area contributed by atoms with Gasteiger partial charge in [0.05, 0.1) is 6.61 Å². The normalized spacial score (nSPS) is 11.5. The third-order valence-electron chi connectivity index (χ3n) is 1.57. The molecule has 0 bridgehead atoms. The van der Waals surface area contributed by atoms with Gasteiger partial charge in [-0.25, -0.2) is 0 Å². The van der Waals surface area contributed by atoms with Crippen LogP contribution in [0.5, 0.6) is 0 Å². The molecule has 0 rings (SSSR count). The first-order chi connectivity index (χ1) is 6.41. The molecule has 0 fully saturated rings. The van der Waals surface area contributed by atoms with E-state index in [9.17, 15) is 0 Å². The number of hydrogen-bond donors (Lipinski definition) is 0. The zero-order valence-corrected chi connectivity index (χ0v) is 8.54. The Hall–Kier alpha value is -0.820. The molecule has 0 radical (unpaired) electrons. The first-order valence-electron chi connectivity index (χ1n) is 4.93. The van der Waals surface area contributed by atoms with Gasteiger partial charge in [-0.05, 0) is 12.8 Å². The zero-order chi connectivity index (χ0) is 9.78. The van der Waals surface area contributed by atoms with Gasteiger partial charge in [0.1, 0.15) is 0 Å². The second kappa shape index (κ2) is 11.2. The molecule has 0 N–H and O–H groups in total. The van der Waals surface area contributed by atoms with Crippen molar-refractivity contribution >= 4 is 0 Å². The van der Waals surface area contributed by atoms with Crippen molar-refractivity contribution in [2.75, 3.05) is 13.2 Å². The van der Waals surface area contributed by atoms with Gasteiger partial charge in [0.25, 0.3) is 0 Å². The van der Waals surface area contributed by atoms with Crippen molar-refractivity contribution < 1.29 is 4.74 Å². The lowest BCUT2D eigenvalue weighted by Crippen LogP contribution is -1.94. The summed E-state index contributed by atoms with van der Waals surface area (Å²) >= 11 is 0. The van der Waals surface area contributed by atoms with Crippen LogP contribution in [0, 0.1) is 0 Å². The smallest absolute Gasteiger partial charge is 0.0500 e. The predicted octanol–water partition coefficient (Wildman–Crippen LogP) is 3.49. The second-order valence-corrected chi connectivity index (χ2v) is 2.80. The fraction of sp³-hybridized carbons (Fsp3) is 0.500. The lowest BCUT2D eigenvalue weighted by atomic mass is 10.3. The first-order valence-corrected chi connectivity index (χ1v) is 4.93. The highest BCUT2D eigenvalue weighted by molar-refractivity contribution is 5.08. The Labute approximate surface area is 81.8 Å². The summed E-state index contributed by atoms with van der Waals surface area (Å²) in [4.78, 5) is 0. The van der Waals surface area contributed by atoms with Crippen molar-refractivity contribution in [2.45, 2.75) is 26.2 Å². The Balaban J connectivity index is 3.10. The van der Waals surface area contributed by atoms with Crippen molar-refractivity contribution in [3.05, 3.63) is 37.0 Å². The molecule has 0 heterocycles. The zero-order valence-electron chi connectivity index (χ0n) is 8.54. The SMILES string of the molecule is C=C/C=C\C=C/CCOCCCC. The molecule has 0 saturated heterocycles. The Morgan fingerprint density at radius 1 is 1.15 bits per heavy atom. The molecule has 0 aliphatic heterocycles. The molecule has 0 spiro atoms. The summed E-state index contributed by atoms with van der Waals surface area (Å²) in [5.41, 5.74) is 0. The van der Waals surface area contributed by atoms with Gasteiger partial charge in [0.15, 0.2) is 0 Å². The van der Waals surface area contributed by atoms with Crippen LogP contribution in [0.4, 0.5) is 0 Å². The largest absolute Gasteiger partial charge is 0.381 e. The van der Waals surface area contributed by atoms with E-state index in [1.54, 1.807) is 6.08 Å². The summed E-state index contributed by atoms with van der Waals surface area (Å²) in [6.07, 6.45) is 13.1. The van der Waals surface area contributed by atoms with E-state index in [-0.39, 0.29) is 0 Å². The van der Waals surface area contributed by atoms with Gasteiger partial charge in [-0.3, -0.25) is 0 Å². The number of allylic oxidation sites excluding steroid dienone is 4. The Morgan fingerprint density at radius 2 is 2.00 bits per heavy atom. The fourth-order valence-electron chi connectivity index (χ4n) is 0.817. The Morgan fingerprint density at radius 3 is 2.69 bits per heavy atom. The number of ether oxygens (including phenoxy) is 1. The van der Waals surface area contributed by atoms with Crippen molar-refractivity contribution in [3.63, 3.8) is 0 Å². The van der Waals surface area contributed by atoms with Crippen molar-refractivity contribution in [1.29, 1.82) is 0 Å². The Kier molecular flexibility index (Phi) is 10.5. The molecular formula is C12H20O. The quantitative estimate of drug-likeness (QED) is 0.410. The maximum atomic E-state index is 5.39. The number of unbranched alkanes of at least 4 members (excludes halogenated alkanes) is 1. The molecule has 0 aromatic heterocycles. The fourth-order valence-corrected chi connectivity index (χ4v) is 0.817. The van der Waals surface area contributed by atoms with Crippen LogP contribution in [0.2, 0.25) is 0 Å². The molecule has 1 heteroatoms. The molecular weight excluding hydrogens is 160 g/mol. The topological polar surface area (TPSA) is 9.23 Å². The van der Waals surface area contributed by atoms with Crippen molar-refractivity contribution in [3.8, 4) is 0 Å². The lowest BCUT2D eigenvalue weighted by molar-refractivity contribution is 0.136. The van der Waals surface area contributed by atoms with E-state index in [1.807, 2.05) is 18.2 Å². The molecule has 13 heavy (non-hydrogen) atoms. The minimum absolute atomic E-state index is 0.832. The van der Waals surface area contributed by atoms with Crippen LogP contribution in [0.1, 0.15) is 26.2 Å². The highest BCUT2D eigenvalue weighted by atomic mass is 16.5. The maximum Gasteiger partial charge on any atom is 0.0500 e. The monoisotopic (exact) mass is 180 g/mol. The summed E-state index contributed by atoms with van der Waals surface area (Å²) in [5, 5.41) is 0. The summed E-state index contributed by atoms with van der Waals surface area (Å²) in [6, 6.07) is 0. The van der Waals surface area contributed by atoms with Crippen molar-refractivity contribution in [2.24, 2.45) is 0 Å². The van der Waals surface area contributed by atoms with E-state index in [0.717, 1.165) is 19.6 Å². The van der Waals surface area contributed by atoms with Gasteiger partial charge in [-0.2, -0.15) is 0 Å². The third-order valence-corrected chi connectivity index (χ3v) is 1.57. The van der Waals surface area contributed by atoms with Crippen LogP contribution in [-0.4, -0.2) is 13.2 Å². The predicted molar refractivity (Wildman–Crippen MR) is 58.8 cm³/mol. The van der Waals surface area contributed by atoms with E-state index in [1.165, 1.54) is 12.8 Å². The first kappa shape index (κ1) is 12.2. The average molecular weight is 180 g/mol. The highest BCUT2D eigenvalue weighted by Gasteiger charge is 1.83. The van der Waals surface area contributed by atoms with Gasteiger partial charge >= 0.3 is 0 Å². The average Bonchev–Trinajstić information content (AvgIpc) is 2.16. The van der Waals surface area contributed by atoms with Crippen LogP contribution in [-0.2, 0) is 4.74 Å². The van der Waals surface area contributed by atoms with Gasteiger partial charge < -0.3 is 4.74 Å². The van der Waals surface area contributed by atoms with Gasteiger partial charge in [-0.1, -0.05) is 50.3 Å². The molecule has 0 amide bonds. The van der Waals surface area contributed by atoms with Crippen LogP contribution in [0.25, 0.3) is 0 Å². The minimum atomic E-state index is 0.832. The molecule has 1 nitrogen and oxygen atoms in total. The Bertz CT molecular complexity index is 157. The summed E-state index contributed by atoms with van der Waals surface area (Å²) in [6.45, 7) is 7.48. The molecule has 0 aliphatic rings. The maximum absolute atomic E-state index is 5.39. The third kappa shape index (κ3) is 11.2. The van der Waals surface area contributed by atoms with Crippen LogP contribution in [0.15, 0.2) is 37.0 Å². The van der Waals surface area contributed by atoms with Crippen LogP contribution in [0.3, 0.4) is 0 Å². The summed E-state index contributed by atoms with van der Waals surface area (Å²) in [5.74, 6) is 0. The highest BCUT2D eigenvalue weighted by Crippen LogP contribution is 1.91. The molecule has 0 atom stereocenters. The van der Waals surface area contributed by atoms with Gasteiger partial charge in [0.2, 0.25) is 0 Å². The van der Waals surface area contributed by atoms with E-state index >= 15 is 0 Å². The van der Waals surface area contributed by atoms with Crippen molar-refractivity contribution in [1.82, 2.24) is 0 Å². The minimum Gasteiger partial charge on any atom is -0.381 e. The second-order valence-electron chi connectivity index (χ2n) is 2.80. The van der Waals surface area contributed by atoms with Gasteiger partial charge in [-0.15, -0.1) is 0 Å². The number of hydrogen-bond acceptors (Lipinski definition) is 1. The summed E-state index contributed by atoms with van der Waals surface area (Å²) < 4.78 is 5.39. The standard InChI is InChI=1S/C12H20O/c1-3-5-7-8-9-10-12-13-11-6-4-2/h3,5,7-9H,1,4,6,10-12H2,2H3/b7-5-,9-8-.